The molecule has 1 heterocycles. The Morgan fingerprint density at radius 1 is 1.00 bits per heavy atom. The molecular formula is C20H23N3O6S. The quantitative estimate of drug-likeness (QED) is 0.664. The first-order valence-electron chi connectivity index (χ1n) is 9.45. The highest BCUT2D eigenvalue weighted by atomic mass is 32.2. The minimum atomic E-state index is -3.61. The summed E-state index contributed by atoms with van der Waals surface area (Å²) >= 11 is 0. The van der Waals surface area contributed by atoms with E-state index in [-0.39, 0.29) is 17.1 Å². The Labute approximate surface area is 175 Å². The lowest BCUT2D eigenvalue weighted by atomic mass is 10.2. The monoisotopic (exact) mass is 433 g/mol. The SMILES string of the molecule is CCN(CC)S(=O)(=O)c1ccc(C(=O)NNC(=O)[C@@H]2COc3ccccc3O2)cc1. The molecule has 0 saturated heterocycles. The molecule has 2 aromatic carbocycles. The molecule has 30 heavy (non-hydrogen) atoms. The van der Waals surface area contributed by atoms with Crippen LogP contribution in [0.2, 0.25) is 0 Å². The molecule has 0 saturated carbocycles. The molecular weight excluding hydrogens is 410 g/mol. The summed E-state index contributed by atoms with van der Waals surface area (Å²) in [5, 5.41) is 0. The Balaban J connectivity index is 1.58. The van der Waals surface area contributed by atoms with Gasteiger partial charge in [-0.25, -0.2) is 8.42 Å². The van der Waals surface area contributed by atoms with Gasteiger partial charge < -0.3 is 9.47 Å². The van der Waals surface area contributed by atoms with Gasteiger partial charge in [0.2, 0.25) is 16.1 Å². The van der Waals surface area contributed by atoms with E-state index in [1.165, 1.54) is 28.6 Å². The van der Waals surface area contributed by atoms with Gasteiger partial charge in [-0.3, -0.25) is 20.4 Å². The van der Waals surface area contributed by atoms with Crippen molar-refractivity contribution >= 4 is 21.8 Å². The van der Waals surface area contributed by atoms with Crippen LogP contribution in [0.5, 0.6) is 11.5 Å². The van der Waals surface area contributed by atoms with Crippen molar-refractivity contribution in [1.82, 2.24) is 15.2 Å². The standard InChI is InChI=1S/C20H23N3O6S/c1-3-23(4-2)30(26,27)15-11-9-14(10-12-15)19(24)21-22-20(25)18-13-28-16-7-5-6-8-17(16)29-18/h5-12,18H,3-4,13H2,1-2H3,(H,21,24)(H,22,25)/t18-/m0/s1. The Morgan fingerprint density at radius 2 is 1.63 bits per heavy atom. The first-order chi connectivity index (χ1) is 14.4. The van der Waals surface area contributed by atoms with Crippen molar-refractivity contribution in [3.8, 4) is 11.5 Å². The lowest BCUT2D eigenvalue weighted by molar-refractivity contribution is -0.131. The van der Waals surface area contributed by atoms with Gasteiger partial charge in [0.15, 0.2) is 11.5 Å². The van der Waals surface area contributed by atoms with Crippen LogP contribution in [0, 0.1) is 0 Å². The third-order valence-electron chi connectivity index (χ3n) is 4.56. The zero-order valence-corrected chi connectivity index (χ0v) is 17.4. The Bertz CT molecular complexity index is 1020. The third kappa shape index (κ3) is 4.55. The van der Waals surface area contributed by atoms with Crippen LogP contribution in [0.15, 0.2) is 53.4 Å². The Kier molecular flexibility index (Phi) is 6.58. The molecule has 9 nitrogen and oxygen atoms in total. The second kappa shape index (κ2) is 9.14. The summed E-state index contributed by atoms with van der Waals surface area (Å²) in [5.74, 6) is -0.170. The number of para-hydroxylation sites is 2. The highest BCUT2D eigenvalue weighted by Gasteiger charge is 2.27. The lowest BCUT2D eigenvalue weighted by Crippen LogP contribution is -2.50. The van der Waals surface area contributed by atoms with Crippen LogP contribution in [0.4, 0.5) is 0 Å². The fraction of sp³-hybridized carbons (Fsp3) is 0.300. The van der Waals surface area contributed by atoms with Gasteiger partial charge in [0.05, 0.1) is 4.90 Å². The van der Waals surface area contributed by atoms with E-state index < -0.39 is 27.9 Å². The number of carbonyl (C=O) groups is 2. The fourth-order valence-corrected chi connectivity index (χ4v) is 4.37. The molecule has 1 aliphatic rings. The van der Waals surface area contributed by atoms with Crippen LogP contribution in [0.25, 0.3) is 0 Å². The van der Waals surface area contributed by atoms with Crippen LogP contribution >= 0.6 is 0 Å². The number of ether oxygens (including phenoxy) is 2. The largest absolute Gasteiger partial charge is 0.485 e. The molecule has 0 aromatic heterocycles. The average molecular weight is 433 g/mol. The summed E-state index contributed by atoms with van der Waals surface area (Å²) in [7, 11) is -3.61. The number of nitrogens with zero attached hydrogens (tertiary/aromatic N) is 1. The molecule has 2 N–H and O–H groups in total. The molecule has 0 aliphatic carbocycles. The molecule has 0 bridgehead atoms. The van der Waals surface area contributed by atoms with Gasteiger partial charge in [-0.15, -0.1) is 0 Å². The van der Waals surface area contributed by atoms with E-state index in [4.69, 9.17) is 9.47 Å². The number of nitrogens with one attached hydrogen (secondary N) is 2. The summed E-state index contributed by atoms with van der Waals surface area (Å²) in [5.41, 5.74) is 4.78. The summed E-state index contributed by atoms with van der Waals surface area (Å²) < 4.78 is 37.4. The Hall–Kier alpha value is -3.11. The maximum Gasteiger partial charge on any atom is 0.283 e. The first kappa shape index (κ1) is 21.6. The van der Waals surface area contributed by atoms with Gasteiger partial charge in [0.1, 0.15) is 6.61 Å². The summed E-state index contributed by atoms with van der Waals surface area (Å²) in [6.07, 6.45) is -0.915. The molecule has 1 atom stereocenters. The molecule has 1 aliphatic heterocycles. The van der Waals surface area contributed by atoms with Crippen LogP contribution in [0.3, 0.4) is 0 Å². The van der Waals surface area contributed by atoms with Gasteiger partial charge >= 0.3 is 0 Å². The van der Waals surface area contributed by atoms with Crippen molar-refractivity contribution in [2.45, 2.75) is 24.8 Å². The van der Waals surface area contributed by atoms with Crippen LogP contribution in [-0.4, -0.2) is 50.3 Å². The first-order valence-corrected chi connectivity index (χ1v) is 10.9. The molecule has 3 rings (SSSR count). The molecule has 0 spiro atoms. The number of sulfonamides is 1. The fourth-order valence-electron chi connectivity index (χ4n) is 2.91. The number of hydrazine groups is 1. The number of benzene rings is 2. The van der Waals surface area contributed by atoms with Gasteiger partial charge in [-0.2, -0.15) is 4.31 Å². The number of hydrogen-bond acceptors (Lipinski definition) is 6. The predicted octanol–water partition coefficient (Wildman–Crippen LogP) is 1.32. The van der Waals surface area contributed by atoms with E-state index in [0.29, 0.717) is 24.6 Å². The summed E-state index contributed by atoms with van der Waals surface area (Å²) in [6, 6.07) is 12.5. The molecule has 0 radical (unpaired) electrons. The number of rotatable bonds is 6. The van der Waals surface area contributed by atoms with Gasteiger partial charge in [-0.05, 0) is 36.4 Å². The zero-order valence-electron chi connectivity index (χ0n) is 16.6. The predicted molar refractivity (Wildman–Crippen MR) is 109 cm³/mol. The van der Waals surface area contributed by atoms with E-state index in [2.05, 4.69) is 10.9 Å². The van der Waals surface area contributed by atoms with E-state index in [9.17, 15) is 18.0 Å². The highest BCUT2D eigenvalue weighted by molar-refractivity contribution is 7.89. The van der Waals surface area contributed by atoms with E-state index in [0.717, 1.165) is 0 Å². The normalized spacial score (nSPS) is 15.5. The van der Waals surface area contributed by atoms with Crippen molar-refractivity contribution in [3.63, 3.8) is 0 Å². The van der Waals surface area contributed by atoms with Crippen molar-refractivity contribution in [2.24, 2.45) is 0 Å². The number of hydrogen-bond donors (Lipinski definition) is 2. The second-order valence-electron chi connectivity index (χ2n) is 6.42. The summed E-state index contributed by atoms with van der Waals surface area (Å²) in [6.45, 7) is 4.22. The minimum Gasteiger partial charge on any atom is -0.485 e. The lowest BCUT2D eigenvalue weighted by Gasteiger charge is -2.25. The van der Waals surface area contributed by atoms with Gasteiger partial charge in [0, 0.05) is 18.7 Å². The molecule has 2 amide bonds. The van der Waals surface area contributed by atoms with Crippen molar-refractivity contribution in [2.75, 3.05) is 19.7 Å². The van der Waals surface area contributed by atoms with Crippen LogP contribution < -0.4 is 20.3 Å². The number of carbonyl (C=O) groups excluding carboxylic acids is 2. The zero-order chi connectivity index (χ0) is 21.7. The van der Waals surface area contributed by atoms with Gasteiger partial charge in [-0.1, -0.05) is 26.0 Å². The molecule has 160 valence electrons. The molecule has 0 unspecified atom stereocenters. The van der Waals surface area contributed by atoms with E-state index in [1.807, 2.05) is 0 Å². The minimum absolute atomic E-state index is 0.0105. The highest BCUT2D eigenvalue weighted by Crippen LogP contribution is 2.30. The van der Waals surface area contributed by atoms with Crippen molar-refractivity contribution in [3.05, 3.63) is 54.1 Å². The average Bonchev–Trinajstić information content (AvgIpc) is 2.77. The van der Waals surface area contributed by atoms with E-state index in [1.54, 1.807) is 38.1 Å². The number of fused-ring (bicyclic) bond motifs is 1. The molecule has 10 heteroatoms. The van der Waals surface area contributed by atoms with Crippen molar-refractivity contribution < 1.29 is 27.5 Å². The van der Waals surface area contributed by atoms with E-state index >= 15 is 0 Å². The molecule has 0 fully saturated rings. The van der Waals surface area contributed by atoms with Crippen molar-refractivity contribution in [1.29, 1.82) is 0 Å². The maximum atomic E-state index is 12.5. The maximum absolute atomic E-state index is 12.5. The second-order valence-corrected chi connectivity index (χ2v) is 8.36. The Morgan fingerprint density at radius 3 is 2.27 bits per heavy atom. The smallest absolute Gasteiger partial charge is 0.283 e. The summed E-state index contributed by atoms with van der Waals surface area (Å²) in [4.78, 5) is 24.6. The third-order valence-corrected chi connectivity index (χ3v) is 6.62. The molecule has 2 aromatic rings. The number of amides is 2. The van der Waals surface area contributed by atoms with Gasteiger partial charge in [0.25, 0.3) is 11.8 Å². The topological polar surface area (TPSA) is 114 Å². The van der Waals surface area contributed by atoms with Crippen LogP contribution in [-0.2, 0) is 14.8 Å². The van der Waals surface area contributed by atoms with Crippen LogP contribution in [0.1, 0.15) is 24.2 Å².